The van der Waals surface area contributed by atoms with Gasteiger partial charge in [-0.1, -0.05) is 30.3 Å². The first-order chi connectivity index (χ1) is 6.77. The molecule has 76 valence electrons. The van der Waals surface area contributed by atoms with Crippen LogP contribution < -0.4 is 0 Å². The maximum Gasteiger partial charge on any atom is 0.0540 e. The smallest absolute Gasteiger partial charge is 0.0540 e. The Bertz CT molecular complexity index is 298. The van der Waals surface area contributed by atoms with Crippen molar-refractivity contribution < 1.29 is 5.11 Å². The predicted octanol–water partition coefficient (Wildman–Crippen LogP) is 1.25. The van der Waals surface area contributed by atoms with Crippen LogP contribution in [0.5, 0.6) is 0 Å². The first-order valence-electron chi connectivity index (χ1n) is 5.12. The standard InChI is InChI=1S/C12H17NO/c1-13-8-7-12(9-13,10-14)11-5-3-2-4-6-11/h2-6,14H,7-10H2,1H3. The molecule has 1 aliphatic heterocycles. The highest BCUT2D eigenvalue weighted by Gasteiger charge is 2.37. The lowest BCUT2D eigenvalue weighted by atomic mass is 9.80. The quantitative estimate of drug-likeness (QED) is 0.760. The van der Waals surface area contributed by atoms with Crippen LogP contribution >= 0.6 is 0 Å². The van der Waals surface area contributed by atoms with Gasteiger partial charge in [0, 0.05) is 12.0 Å². The summed E-state index contributed by atoms with van der Waals surface area (Å²) < 4.78 is 0. The van der Waals surface area contributed by atoms with E-state index < -0.39 is 0 Å². The lowest BCUT2D eigenvalue weighted by Crippen LogP contribution is -2.33. The van der Waals surface area contributed by atoms with Crippen molar-refractivity contribution >= 4 is 0 Å². The minimum absolute atomic E-state index is 0.0178. The molecular formula is C12H17NO. The first kappa shape index (κ1) is 9.69. The van der Waals surface area contributed by atoms with Gasteiger partial charge in [-0.05, 0) is 25.6 Å². The van der Waals surface area contributed by atoms with Gasteiger partial charge in [0.15, 0.2) is 0 Å². The van der Waals surface area contributed by atoms with Gasteiger partial charge in [0.2, 0.25) is 0 Å². The summed E-state index contributed by atoms with van der Waals surface area (Å²) in [4.78, 5) is 2.28. The summed E-state index contributed by atoms with van der Waals surface area (Å²) in [5.74, 6) is 0. The zero-order chi connectivity index (χ0) is 10.0. The molecule has 1 heterocycles. The van der Waals surface area contributed by atoms with Crippen LogP contribution in [0, 0.1) is 0 Å². The molecule has 1 aromatic rings. The fourth-order valence-electron chi connectivity index (χ4n) is 2.33. The Labute approximate surface area is 85.2 Å². The average molecular weight is 191 g/mol. The molecule has 1 atom stereocenters. The molecule has 0 radical (unpaired) electrons. The zero-order valence-electron chi connectivity index (χ0n) is 8.61. The number of aliphatic hydroxyl groups excluding tert-OH is 1. The maximum atomic E-state index is 9.56. The molecule has 0 saturated carbocycles. The van der Waals surface area contributed by atoms with E-state index in [-0.39, 0.29) is 12.0 Å². The Morgan fingerprint density at radius 1 is 1.36 bits per heavy atom. The summed E-state index contributed by atoms with van der Waals surface area (Å²) in [6.45, 7) is 2.30. The van der Waals surface area contributed by atoms with Crippen molar-refractivity contribution in [2.45, 2.75) is 11.8 Å². The lowest BCUT2D eigenvalue weighted by molar-refractivity contribution is 0.195. The predicted molar refractivity (Wildman–Crippen MR) is 57.3 cm³/mol. The molecule has 0 amide bonds. The minimum atomic E-state index is -0.0178. The van der Waals surface area contributed by atoms with Gasteiger partial charge in [-0.3, -0.25) is 0 Å². The van der Waals surface area contributed by atoms with Gasteiger partial charge in [-0.15, -0.1) is 0 Å². The summed E-state index contributed by atoms with van der Waals surface area (Å²) in [5, 5.41) is 9.56. The van der Waals surface area contributed by atoms with E-state index in [1.807, 2.05) is 18.2 Å². The number of hydrogen-bond donors (Lipinski definition) is 1. The van der Waals surface area contributed by atoms with Crippen LogP contribution in [0.2, 0.25) is 0 Å². The van der Waals surface area contributed by atoms with Crippen molar-refractivity contribution in [1.82, 2.24) is 4.90 Å². The summed E-state index contributed by atoms with van der Waals surface area (Å²) in [5.41, 5.74) is 1.25. The number of hydrogen-bond acceptors (Lipinski definition) is 2. The van der Waals surface area contributed by atoms with Gasteiger partial charge in [0.25, 0.3) is 0 Å². The molecule has 1 unspecified atom stereocenters. The Morgan fingerprint density at radius 2 is 2.07 bits per heavy atom. The second-order valence-corrected chi connectivity index (χ2v) is 4.29. The number of nitrogens with zero attached hydrogens (tertiary/aromatic N) is 1. The van der Waals surface area contributed by atoms with Crippen LogP contribution in [0.1, 0.15) is 12.0 Å². The molecule has 2 rings (SSSR count). The van der Waals surface area contributed by atoms with E-state index in [1.54, 1.807) is 0 Å². The molecule has 1 aromatic carbocycles. The minimum Gasteiger partial charge on any atom is -0.395 e. The molecule has 2 heteroatoms. The SMILES string of the molecule is CN1CCC(CO)(c2ccccc2)C1. The van der Waals surface area contributed by atoms with E-state index in [9.17, 15) is 5.11 Å². The highest BCUT2D eigenvalue weighted by Crippen LogP contribution is 2.33. The van der Waals surface area contributed by atoms with E-state index in [0.29, 0.717) is 0 Å². The molecule has 0 aromatic heterocycles. The highest BCUT2D eigenvalue weighted by atomic mass is 16.3. The van der Waals surface area contributed by atoms with E-state index in [0.717, 1.165) is 19.5 Å². The van der Waals surface area contributed by atoms with Crippen molar-refractivity contribution in [3.8, 4) is 0 Å². The fraction of sp³-hybridized carbons (Fsp3) is 0.500. The molecule has 14 heavy (non-hydrogen) atoms. The van der Waals surface area contributed by atoms with E-state index in [1.165, 1.54) is 5.56 Å². The summed E-state index contributed by atoms with van der Waals surface area (Å²) in [6.07, 6.45) is 1.06. The third kappa shape index (κ3) is 1.56. The van der Waals surface area contributed by atoms with Crippen LogP contribution in [0.4, 0.5) is 0 Å². The van der Waals surface area contributed by atoms with E-state index in [4.69, 9.17) is 0 Å². The number of benzene rings is 1. The van der Waals surface area contributed by atoms with Crippen LogP contribution in [0.25, 0.3) is 0 Å². The second-order valence-electron chi connectivity index (χ2n) is 4.29. The average Bonchev–Trinajstić information content (AvgIpc) is 2.63. The molecule has 0 aliphatic carbocycles. The van der Waals surface area contributed by atoms with E-state index >= 15 is 0 Å². The third-order valence-corrected chi connectivity index (χ3v) is 3.23. The van der Waals surface area contributed by atoms with Crippen LogP contribution in [0.15, 0.2) is 30.3 Å². The summed E-state index contributed by atoms with van der Waals surface area (Å²) in [7, 11) is 2.11. The Kier molecular flexibility index (Phi) is 2.57. The van der Waals surface area contributed by atoms with Crippen molar-refractivity contribution in [1.29, 1.82) is 0 Å². The molecule has 1 N–H and O–H groups in total. The zero-order valence-corrected chi connectivity index (χ0v) is 8.61. The number of aliphatic hydroxyl groups is 1. The van der Waals surface area contributed by atoms with Gasteiger partial charge in [-0.2, -0.15) is 0 Å². The maximum absolute atomic E-state index is 9.56. The second kappa shape index (κ2) is 3.71. The monoisotopic (exact) mass is 191 g/mol. The Hall–Kier alpha value is -0.860. The molecular weight excluding hydrogens is 174 g/mol. The fourth-order valence-corrected chi connectivity index (χ4v) is 2.33. The molecule has 0 bridgehead atoms. The summed E-state index contributed by atoms with van der Waals surface area (Å²) >= 11 is 0. The first-order valence-corrected chi connectivity index (χ1v) is 5.12. The molecule has 2 nitrogen and oxygen atoms in total. The van der Waals surface area contributed by atoms with Crippen molar-refractivity contribution in [2.75, 3.05) is 26.7 Å². The molecule has 0 spiro atoms. The molecule has 1 fully saturated rings. The van der Waals surface area contributed by atoms with Gasteiger partial charge in [0.1, 0.15) is 0 Å². The Morgan fingerprint density at radius 3 is 2.57 bits per heavy atom. The van der Waals surface area contributed by atoms with E-state index in [2.05, 4.69) is 24.1 Å². The van der Waals surface area contributed by atoms with Crippen LogP contribution in [-0.4, -0.2) is 36.8 Å². The normalized spacial score (nSPS) is 28.1. The number of rotatable bonds is 2. The molecule has 1 saturated heterocycles. The van der Waals surface area contributed by atoms with Gasteiger partial charge in [0.05, 0.1) is 6.61 Å². The topological polar surface area (TPSA) is 23.5 Å². The third-order valence-electron chi connectivity index (χ3n) is 3.23. The number of likely N-dealkylation sites (N-methyl/N-ethyl adjacent to an activating group) is 1. The van der Waals surface area contributed by atoms with Gasteiger partial charge >= 0.3 is 0 Å². The largest absolute Gasteiger partial charge is 0.395 e. The highest BCUT2D eigenvalue weighted by molar-refractivity contribution is 5.27. The summed E-state index contributed by atoms with van der Waals surface area (Å²) in [6, 6.07) is 10.4. The van der Waals surface area contributed by atoms with Crippen LogP contribution in [-0.2, 0) is 5.41 Å². The molecule has 1 aliphatic rings. The van der Waals surface area contributed by atoms with Crippen LogP contribution in [0.3, 0.4) is 0 Å². The van der Waals surface area contributed by atoms with Gasteiger partial charge < -0.3 is 10.0 Å². The van der Waals surface area contributed by atoms with Crippen molar-refractivity contribution in [2.24, 2.45) is 0 Å². The van der Waals surface area contributed by atoms with Crippen molar-refractivity contribution in [3.05, 3.63) is 35.9 Å². The Balaban J connectivity index is 2.30. The lowest BCUT2D eigenvalue weighted by Gasteiger charge is -2.27. The van der Waals surface area contributed by atoms with Gasteiger partial charge in [-0.25, -0.2) is 0 Å². The number of likely N-dealkylation sites (tertiary alicyclic amines) is 1. The van der Waals surface area contributed by atoms with Crippen molar-refractivity contribution in [3.63, 3.8) is 0 Å².